The van der Waals surface area contributed by atoms with Crippen molar-refractivity contribution >= 4 is 23.2 Å². The van der Waals surface area contributed by atoms with Crippen LogP contribution in [-0.4, -0.2) is 9.97 Å². The highest BCUT2D eigenvalue weighted by Gasteiger charge is 2.12. The highest BCUT2D eigenvalue weighted by molar-refractivity contribution is 6.36. The molecule has 2 heterocycles. The zero-order chi connectivity index (χ0) is 17.9. The summed E-state index contributed by atoms with van der Waals surface area (Å²) in [4.78, 5) is 9.07. The summed E-state index contributed by atoms with van der Waals surface area (Å²) in [5, 5.41) is 1.19. The summed E-state index contributed by atoms with van der Waals surface area (Å²) in [6.45, 7) is 0. The fraction of sp³-hybridized carbons (Fsp3) is 0. The molecule has 2 nitrogen and oxygen atoms in total. The van der Waals surface area contributed by atoms with Gasteiger partial charge in [-0.2, -0.15) is 0 Å². The number of hydrogen-bond acceptors (Lipinski definition) is 2. The molecule has 0 aliphatic carbocycles. The normalized spacial score (nSPS) is 10.7. The standard InChI is InChI=1S/C22H14Cl2N2/c23-19-11-21(15-7-3-1-4-8-15)25-13-17(19)18-14-26-22(12-20(18)24)16-9-5-2-6-10-16/h1-14H. The monoisotopic (exact) mass is 376 g/mol. The summed E-state index contributed by atoms with van der Waals surface area (Å²) < 4.78 is 0. The van der Waals surface area contributed by atoms with Gasteiger partial charge in [0.1, 0.15) is 0 Å². The molecular formula is C22H14Cl2N2. The lowest BCUT2D eigenvalue weighted by Crippen LogP contribution is -1.90. The molecule has 0 atom stereocenters. The van der Waals surface area contributed by atoms with Crippen LogP contribution in [0.1, 0.15) is 0 Å². The largest absolute Gasteiger partial charge is 0.256 e. The van der Waals surface area contributed by atoms with Gasteiger partial charge in [0.25, 0.3) is 0 Å². The summed E-state index contributed by atoms with van der Waals surface area (Å²) >= 11 is 13.0. The van der Waals surface area contributed by atoms with Gasteiger partial charge in [0, 0.05) is 34.6 Å². The van der Waals surface area contributed by atoms with Crippen LogP contribution in [-0.2, 0) is 0 Å². The van der Waals surface area contributed by atoms with Gasteiger partial charge in [0.05, 0.1) is 21.4 Å². The van der Waals surface area contributed by atoms with E-state index >= 15 is 0 Å². The minimum Gasteiger partial charge on any atom is -0.256 e. The maximum absolute atomic E-state index is 6.52. The van der Waals surface area contributed by atoms with E-state index in [1.165, 1.54) is 0 Å². The smallest absolute Gasteiger partial charge is 0.0717 e. The Balaban J connectivity index is 1.72. The van der Waals surface area contributed by atoms with Crippen molar-refractivity contribution in [2.45, 2.75) is 0 Å². The van der Waals surface area contributed by atoms with E-state index in [4.69, 9.17) is 23.2 Å². The summed E-state index contributed by atoms with van der Waals surface area (Å²) in [6.07, 6.45) is 3.49. The minimum absolute atomic E-state index is 0.593. The Morgan fingerprint density at radius 1 is 0.538 bits per heavy atom. The number of aromatic nitrogens is 2. The average molecular weight is 377 g/mol. The predicted octanol–water partition coefficient (Wildman–Crippen LogP) is 6.78. The lowest BCUT2D eigenvalue weighted by atomic mass is 10.1. The fourth-order valence-electron chi connectivity index (χ4n) is 2.79. The second-order valence-electron chi connectivity index (χ2n) is 5.83. The van der Waals surface area contributed by atoms with Crippen LogP contribution in [0, 0.1) is 0 Å². The van der Waals surface area contributed by atoms with Gasteiger partial charge >= 0.3 is 0 Å². The topological polar surface area (TPSA) is 25.8 Å². The first-order chi connectivity index (χ1) is 12.7. The van der Waals surface area contributed by atoms with Crippen LogP contribution < -0.4 is 0 Å². The second-order valence-corrected chi connectivity index (χ2v) is 6.65. The summed E-state index contributed by atoms with van der Waals surface area (Å²) in [6, 6.07) is 23.6. The molecule has 0 aliphatic rings. The van der Waals surface area contributed by atoms with Crippen molar-refractivity contribution < 1.29 is 0 Å². The number of benzene rings is 2. The molecule has 0 unspecified atom stereocenters. The number of halogens is 2. The molecule has 0 bridgehead atoms. The van der Waals surface area contributed by atoms with Gasteiger partial charge in [-0.3, -0.25) is 9.97 Å². The maximum Gasteiger partial charge on any atom is 0.0717 e. The van der Waals surface area contributed by atoms with Gasteiger partial charge in [-0.25, -0.2) is 0 Å². The Bertz CT molecular complexity index is 961. The van der Waals surface area contributed by atoms with E-state index in [1.54, 1.807) is 12.4 Å². The zero-order valence-corrected chi connectivity index (χ0v) is 15.2. The molecule has 126 valence electrons. The second kappa shape index (κ2) is 7.28. The number of nitrogens with zero attached hydrogens (tertiary/aromatic N) is 2. The Hall–Kier alpha value is -2.68. The first-order valence-electron chi connectivity index (χ1n) is 8.14. The third-order valence-corrected chi connectivity index (χ3v) is 4.76. The van der Waals surface area contributed by atoms with Crippen LogP contribution in [0.3, 0.4) is 0 Å². The van der Waals surface area contributed by atoms with E-state index in [0.717, 1.165) is 33.6 Å². The van der Waals surface area contributed by atoms with Gasteiger partial charge in [-0.1, -0.05) is 83.9 Å². The molecule has 0 spiro atoms. The molecule has 4 rings (SSSR count). The van der Waals surface area contributed by atoms with E-state index in [2.05, 4.69) is 9.97 Å². The Morgan fingerprint density at radius 3 is 1.27 bits per heavy atom. The molecule has 0 fully saturated rings. The Morgan fingerprint density at radius 2 is 0.923 bits per heavy atom. The number of pyridine rings is 2. The third-order valence-electron chi connectivity index (χ3n) is 4.14. The lowest BCUT2D eigenvalue weighted by molar-refractivity contribution is 1.30. The van der Waals surface area contributed by atoms with E-state index in [0.29, 0.717) is 10.0 Å². The molecule has 0 N–H and O–H groups in total. The van der Waals surface area contributed by atoms with Crippen LogP contribution in [0.4, 0.5) is 0 Å². The van der Waals surface area contributed by atoms with Crippen molar-refractivity contribution in [2.24, 2.45) is 0 Å². The lowest BCUT2D eigenvalue weighted by Gasteiger charge is -2.10. The molecule has 2 aromatic heterocycles. The van der Waals surface area contributed by atoms with Crippen molar-refractivity contribution in [2.75, 3.05) is 0 Å². The SMILES string of the molecule is Clc1cc(-c2ccccc2)ncc1-c1cnc(-c2ccccc2)cc1Cl. The molecular weight excluding hydrogens is 363 g/mol. The van der Waals surface area contributed by atoms with Gasteiger partial charge in [-0.05, 0) is 12.1 Å². The van der Waals surface area contributed by atoms with Crippen molar-refractivity contribution in [1.29, 1.82) is 0 Å². The van der Waals surface area contributed by atoms with Gasteiger partial charge in [-0.15, -0.1) is 0 Å². The third kappa shape index (κ3) is 3.34. The van der Waals surface area contributed by atoms with E-state index < -0.39 is 0 Å². The maximum atomic E-state index is 6.52. The zero-order valence-electron chi connectivity index (χ0n) is 13.7. The van der Waals surface area contributed by atoms with Crippen molar-refractivity contribution in [1.82, 2.24) is 9.97 Å². The molecule has 0 radical (unpaired) electrons. The Labute approximate surface area is 162 Å². The van der Waals surface area contributed by atoms with Crippen LogP contribution in [0.15, 0.2) is 85.2 Å². The van der Waals surface area contributed by atoms with Crippen LogP contribution in [0.5, 0.6) is 0 Å². The predicted molar refractivity (Wildman–Crippen MR) is 108 cm³/mol. The molecule has 26 heavy (non-hydrogen) atoms. The van der Waals surface area contributed by atoms with Gasteiger partial charge in [0.2, 0.25) is 0 Å². The minimum atomic E-state index is 0.593. The summed E-state index contributed by atoms with van der Waals surface area (Å²) in [5.74, 6) is 0. The quantitative estimate of drug-likeness (QED) is 0.393. The molecule has 4 heteroatoms. The van der Waals surface area contributed by atoms with Gasteiger partial charge in [0.15, 0.2) is 0 Å². The summed E-state index contributed by atoms with van der Waals surface area (Å²) in [5.41, 5.74) is 5.22. The fourth-order valence-corrected chi connectivity index (χ4v) is 3.30. The van der Waals surface area contributed by atoms with Crippen molar-refractivity contribution in [3.8, 4) is 33.6 Å². The van der Waals surface area contributed by atoms with E-state index in [-0.39, 0.29) is 0 Å². The highest BCUT2D eigenvalue weighted by Crippen LogP contribution is 2.35. The molecule has 0 saturated carbocycles. The molecule has 0 amide bonds. The van der Waals surface area contributed by atoms with E-state index in [1.807, 2.05) is 72.8 Å². The first-order valence-corrected chi connectivity index (χ1v) is 8.90. The molecule has 0 saturated heterocycles. The average Bonchev–Trinajstić information content (AvgIpc) is 2.69. The van der Waals surface area contributed by atoms with Crippen LogP contribution in [0.25, 0.3) is 33.6 Å². The Kier molecular flexibility index (Phi) is 4.70. The van der Waals surface area contributed by atoms with Crippen molar-refractivity contribution in [3.63, 3.8) is 0 Å². The van der Waals surface area contributed by atoms with Gasteiger partial charge < -0.3 is 0 Å². The number of hydrogen-bond donors (Lipinski definition) is 0. The van der Waals surface area contributed by atoms with Crippen LogP contribution >= 0.6 is 23.2 Å². The van der Waals surface area contributed by atoms with Crippen molar-refractivity contribution in [3.05, 3.63) is 95.2 Å². The summed E-state index contributed by atoms with van der Waals surface area (Å²) in [7, 11) is 0. The molecule has 0 aliphatic heterocycles. The van der Waals surface area contributed by atoms with Crippen LogP contribution in [0.2, 0.25) is 10.0 Å². The first kappa shape index (κ1) is 16.8. The number of rotatable bonds is 3. The molecule has 4 aromatic rings. The van der Waals surface area contributed by atoms with E-state index in [9.17, 15) is 0 Å². The highest BCUT2D eigenvalue weighted by atomic mass is 35.5. The molecule has 2 aromatic carbocycles.